The molecular formula is C19H17NO5. The Morgan fingerprint density at radius 1 is 0.920 bits per heavy atom. The quantitative estimate of drug-likeness (QED) is 0.508. The maximum Gasteiger partial charge on any atom is 0.293 e. The summed E-state index contributed by atoms with van der Waals surface area (Å²) in [6, 6.07) is 12.8. The van der Waals surface area contributed by atoms with Crippen LogP contribution in [0, 0.1) is 0 Å². The van der Waals surface area contributed by atoms with Gasteiger partial charge in [-0.25, -0.2) is 0 Å². The Balaban J connectivity index is 2.04. The van der Waals surface area contributed by atoms with Crippen molar-refractivity contribution in [3.63, 3.8) is 0 Å². The number of carbonyl (C=O) groups excluding carboxylic acids is 2. The zero-order valence-electron chi connectivity index (χ0n) is 13.8. The lowest BCUT2D eigenvalue weighted by Gasteiger charge is -2.14. The van der Waals surface area contributed by atoms with E-state index in [2.05, 4.69) is 5.32 Å². The van der Waals surface area contributed by atoms with E-state index >= 15 is 0 Å². The van der Waals surface area contributed by atoms with E-state index in [1.165, 1.54) is 7.11 Å². The molecule has 0 aromatic heterocycles. The SMILES string of the molecule is COc1ccc(C(O)=C2C(=O)C(=O)N[C@@H]2c2ccc(OC)cc2)cc1. The number of ketones is 1. The van der Waals surface area contributed by atoms with Gasteiger partial charge in [0.1, 0.15) is 17.3 Å². The minimum atomic E-state index is -0.742. The smallest absolute Gasteiger partial charge is 0.293 e. The summed E-state index contributed by atoms with van der Waals surface area (Å²) >= 11 is 0. The van der Waals surface area contributed by atoms with Crippen molar-refractivity contribution in [3.8, 4) is 11.5 Å². The van der Waals surface area contributed by atoms with Crippen LogP contribution < -0.4 is 14.8 Å². The number of rotatable bonds is 4. The van der Waals surface area contributed by atoms with Crippen LogP contribution >= 0.6 is 0 Å². The molecule has 0 radical (unpaired) electrons. The molecule has 0 bridgehead atoms. The van der Waals surface area contributed by atoms with Crippen LogP contribution in [0.4, 0.5) is 0 Å². The second kappa shape index (κ2) is 6.68. The number of ether oxygens (including phenoxy) is 2. The van der Waals surface area contributed by atoms with E-state index in [-0.39, 0.29) is 11.3 Å². The molecule has 6 nitrogen and oxygen atoms in total. The largest absolute Gasteiger partial charge is 0.507 e. The zero-order chi connectivity index (χ0) is 18.0. The number of methoxy groups -OCH3 is 2. The number of Topliss-reactive ketones (excluding diaryl/α,β-unsaturated/α-hetero) is 1. The fourth-order valence-corrected chi connectivity index (χ4v) is 2.72. The highest BCUT2D eigenvalue weighted by atomic mass is 16.5. The molecular weight excluding hydrogens is 322 g/mol. The van der Waals surface area contributed by atoms with E-state index in [1.807, 2.05) is 0 Å². The molecule has 0 unspecified atom stereocenters. The summed E-state index contributed by atoms with van der Waals surface area (Å²) in [5, 5.41) is 13.2. The minimum Gasteiger partial charge on any atom is -0.507 e. The molecule has 2 aromatic rings. The van der Waals surface area contributed by atoms with Crippen molar-refractivity contribution in [2.24, 2.45) is 0 Å². The summed E-state index contributed by atoms with van der Waals surface area (Å²) in [4.78, 5) is 24.1. The predicted molar refractivity (Wildman–Crippen MR) is 91.4 cm³/mol. The highest BCUT2D eigenvalue weighted by molar-refractivity contribution is 6.46. The number of carbonyl (C=O) groups is 2. The number of benzene rings is 2. The summed E-state index contributed by atoms with van der Waals surface area (Å²) in [5.41, 5.74) is 1.13. The summed E-state index contributed by atoms with van der Waals surface area (Å²) in [6.45, 7) is 0. The van der Waals surface area contributed by atoms with Gasteiger partial charge in [-0.15, -0.1) is 0 Å². The lowest BCUT2D eigenvalue weighted by molar-refractivity contribution is -0.133. The number of hydrogen-bond donors (Lipinski definition) is 2. The molecule has 2 N–H and O–H groups in total. The Labute approximate surface area is 144 Å². The van der Waals surface area contributed by atoms with Crippen LogP contribution in [0.3, 0.4) is 0 Å². The van der Waals surface area contributed by atoms with E-state index in [0.29, 0.717) is 22.6 Å². The van der Waals surface area contributed by atoms with Crippen LogP contribution in [0.15, 0.2) is 54.1 Å². The van der Waals surface area contributed by atoms with Crippen molar-refractivity contribution in [2.45, 2.75) is 6.04 Å². The van der Waals surface area contributed by atoms with Crippen molar-refractivity contribution < 1.29 is 24.2 Å². The molecule has 1 atom stereocenters. The van der Waals surface area contributed by atoms with Crippen molar-refractivity contribution in [1.82, 2.24) is 5.32 Å². The molecule has 2 aromatic carbocycles. The molecule has 1 saturated heterocycles. The predicted octanol–water partition coefficient (Wildman–Crippen LogP) is 2.41. The van der Waals surface area contributed by atoms with Crippen LogP contribution in [0.25, 0.3) is 5.76 Å². The van der Waals surface area contributed by atoms with Gasteiger partial charge in [0, 0.05) is 5.56 Å². The lowest BCUT2D eigenvalue weighted by atomic mass is 9.96. The number of amides is 1. The normalized spacial score (nSPS) is 18.7. The number of nitrogens with one attached hydrogen (secondary N) is 1. The van der Waals surface area contributed by atoms with Crippen molar-refractivity contribution in [3.05, 3.63) is 65.2 Å². The molecule has 128 valence electrons. The van der Waals surface area contributed by atoms with Crippen LogP contribution in [-0.4, -0.2) is 31.0 Å². The Hall–Kier alpha value is -3.28. The molecule has 3 rings (SSSR count). The van der Waals surface area contributed by atoms with Gasteiger partial charge in [-0.1, -0.05) is 12.1 Å². The maximum atomic E-state index is 12.3. The molecule has 0 aliphatic carbocycles. The van der Waals surface area contributed by atoms with Gasteiger partial charge in [0.25, 0.3) is 11.7 Å². The highest BCUT2D eigenvalue weighted by Crippen LogP contribution is 2.33. The summed E-state index contributed by atoms with van der Waals surface area (Å²) in [6.07, 6.45) is 0. The fourth-order valence-electron chi connectivity index (χ4n) is 2.72. The van der Waals surface area contributed by atoms with Crippen molar-refractivity contribution in [2.75, 3.05) is 14.2 Å². The van der Waals surface area contributed by atoms with Crippen LogP contribution in [0.2, 0.25) is 0 Å². The number of aliphatic hydroxyl groups is 1. The fraction of sp³-hybridized carbons (Fsp3) is 0.158. The molecule has 0 saturated carbocycles. The Kier molecular flexibility index (Phi) is 4.43. The second-order valence-electron chi connectivity index (χ2n) is 5.50. The first-order chi connectivity index (χ1) is 12.0. The molecule has 1 heterocycles. The van der Waals surface area contributed by atoms with E-state index in [0.717, 1.165) is 0 Å². The van der Waals surface area contributed by atoms with Gasteiger partial charge < -0.3 is 19.9 Å². The second-order valence-corrected chi connectivity index (χ2v) is 5.50. The maximum absolute atomic E-state index is 12.3. The standard InChI is InChI=1S/C19H17NO5/c1-24-13-7-3-11(4-8-13)16-15(18(22)19(23)20-16)17(21)12-5-9-14(25-2)10-6-12/h3-10,16,21H,1-2H3,(H,20,23)/t16-/m1/s1. The minimum absolute atomic E-state index is 0.0281. The Morgan fingerprint density at radius 3 is 1.96 bits per heavy atom. The third kappa shape index (κ3) is 3.06. The van der Waals surface area contributed by atoms with Crippen LogP contribution in [0.1, 0.15) is 17.2 Å². The summed E-state index contributed by atoms with van der Waals surface area (Å²) in [5.74, 6) is -0.429. The van der Waals surface area contributed by atoms with E-state index < -0.39 is 17.7 Å². The van der Waals surface area contributed by atoms with Crippen LogP contribution in [-0.2, 0) is 9.59 Å². The van der Waals surface area contributed by atoms with Crippen molar-refractivity contribution >= 4 is 17.4 Å². The monoisotopic (exact) mass is 339 g/mol. The summed E-state index contributed by atoms with van der Waals surface area (Å²) in [7, 11) is 3.09. The average molecular weight is 339 g/mol. The molecule has 25 heavy (non-hydrogen) atoms. The Morgan fingerprint density at radius 2 is 1.44 bits per heavy atom. The van der Waals surface area contributed by atoms with Gasteiger partial charge in [0.05, 0.1) is 25.8 Å². The van der Waals surface area contributed by atoms with Gasteiger partial charge >= 0.3 is 0 Å². The topological polar surface area (TPSA) is 84.9 Å². The van der Waals surface area contributed by atoms with Gasteiger partial charge in [-0.2, -0.15) is 0 Å². The number of hydrogen-bond acceptors (Lipinski definition) is 5. The van der Waals surface area contributed by atoms with Gasteiger partial charge in [0.2, 0.25) is 0 Å². The van der Waals surface area contributed by atoms with Gasteiger partial charge in [-0.3, -0.25) is 9.59 Å². The van der Waals surface area contributed by atoms with Crippen molar-refractivity contribution in [1.29, 1.82) is 0 Å². The average Bonchev–Trinajstić information content (AvgIpc) is 2.96. The van der Waals surface area contributed by atoms with E-state index in [1.54, 1.807) is 55.6 Å². The van der Waals surface area contributed by atoms with Crippen LogP contribution in [0.5, 0.6) is 11.5 Å². The highest BCUT2D eigenvalue weighted by Gasteiger charge is 2.39. The first-order valence-electron chi connectivity index (χ1n) is 7.62. The molecule has 0 spiro atoms. The third-order valence-electron chi connectivity index (χ3n) is 4.08. The van der Waals surface area contributed by atoms with E-state index in [4.69, 9.17) is 9.47 Å². The Bertz CT molecular complexity index is 837. The lowest BCUT2D eigenvalue weighted by Crippen LogP contribution is -2.21. The first-order valence-corrected chi connectivity index (χ1v) is 7.62. The first kappa shape index (κ1) is 16.6. The third-order valence-corrected chi connectivity index (χ3v) is 4.08. The van der Waals surface area contributed by atoms with E-state index in [9.17, 15) is 14.7 Å². The molecule has 1 aliphatic heterocycles. The summed E-state index contributed by atoms with van der Waals surface area (Å²) < 4.78 is 10.2. The molecule has 1 aliphatic rings. The number of aliphatic hydroxyl groups excluding tert-OH is 1. The molecule has 1 amide bonds. The molecule has 1 fully saturated rings. The van der Waals surface area contributed by atoms with Gasteiger partial charge in [0.15, 0.2) is 0 Å². The van der Waals surface area contributed by atoms with Gasteiger partial charge in [-0.05, 0) is 42.0 Å². The molecule has 6 heteroatoms. The zero-order valence-corrected chi connectivity index (χ0v) is 13.8.